The van der Waals surface area contributed by atoms with E-state index in [9.17, 15) is 0 Å². The van der Waals surface area contributed by atoms with Gasteiger partial charge in [0.2, 0.25) is 0 Å². The third kappa shape index (κ3) is 3.13. The maximum absolute atomic E-state index is 4.74. The fourth-order valence-corrected chi connectivity index (χ4v) is 3.55. The number of fused-ring (bicyclic) bond motifs is 1. The Morgan fingerprint density at radius 2 is 2.17 bits per heavy atom. The van der Waals surface area contributed by atoms with Gasteiger partial charge in [0.25, 0.3) is 0 Å². The van der Waals surface area contributed by atoms with Crippen LogP contribution in [0.3, 0.4) is 0 Å². The predicted octanol–water partition coefficient (Wildman–Crippen LogP) is 1.91. The first kappa shape index (κ1) is 16.1. The Morgan fingerprint density at radius 1 is 1.39 bits per heavy atom. The van der Waals surface area contributed by atoms with Crippen LogP contribution in [0.15, 0.2) is 12.4 Å². The van der Waals surface area contributed by atoms with E-state index >= 15 is 0 Å². The summed E-state index contributed by atoms with van der Waals surface area (Å²) in [5.74, 6) is 2.83. The lowest BCUT2D eigenvalue weighted by Crippen LogP contribution is -2.37. The first-order chi connectivity index (χ1) is 11.0. The van der Waals surface area contributed by atoms with Crippen molar-refractivity contribution in [2.24, 2.45) is 7.05 Å². The van der Waals surface area contributed by atoms with Crippen molar-refractivity contribution in [3.8, 4) is 0 Å². The van der Waals surface area contributed by atoms with Gasteiger partial charge in [-0.25, -0.2) is 4.98 Å². The summed E-state index contributed by atoms with van der Waals surface area (Å²) in [5, 5.41) is 8.49. The Hall–Kier alpha value is -1.82. The first-order valence-electron chi connectivity index (χ1n) is 8.43. The summed E-state index contributed by atoms with van der Waals surface area (Å²) in [6.07, 6.45) is 6.18. The molecule has 2 aromatic heterocycles. The number of hydrogen-bond acceptors (Lipinski definition) is 4. The minimum Gasteiger partial charge on any atom is -0.363 e. The van der Waals surface area contributed by atoms with Gasteiger partial charge in [-0.15, -0.1) is 0 Å². The second-order valence-corrected chi connectivity index (χ2v) is 6.97. The van der Waals surface area contributed by atoms with E-state index in [1.807, 2.05) is 17.9 Å². The zero-order valence-corrected chi connectivity index (χ0v) is 14.9. The van der Waals surface area contributed by atoms with Crippen molar-refractivity contribution in [3.05, 3.63) is 29.5 Å². The highest BCUT2D eigenvalue weighted by molar-refractivity contribution is 5.50. The molecule has 3 rings (SSSR count). The van der Waals surface area contributed by atoms with Crippen LogP contribution in [-0.2, 0) is 26.6 Å². The minimum absolute atomic E-state index is 0.429. The zero-order chi connectivity index (χ0) is 16.6. The molecule has 1 atom stereocenters. The molecule has 6 nitrogen and oxygen atoms in total. The van der Waals surface area contributed by atoms with E-state index in [4.69, 9.17) is 5.10 Å². The molecule has 0 bridgehead atoms. The van der Waals surface area contributed by atoms with E-state index in [0.29, 0.717) is 12.0 Å². The molecule has 2 aromatic rings. The molecular weight excluding hydrogens is 288 g/mol. The first-order valence-corrected chi connectivity index (χ1v) is 8.43. The molecule has 0 radical (unpaired) electrons. The lowest BCUT2D eigenvalue weighted by atomic mass is 10.0. The molecule has 1 N–H and O–H groups in total. The molecule has 0 aromatic carbocycles. The van der Waals surface area contributed by atoms with Crippen molar-refractivity contribution in [3.63, 3.8) is 0 Å². The van der Waals surface area contributed by atoms with Crippen LogP contribution in [0.5, 0.6) is 0 Å². The highest BCUT2D eigenvalue weighted by Gasteiger charge is 2.22. The largest absolute Gasteiger partial charge is 0.363 e. The Labute approximate surface area is 138 Å². The number of imidazole rings is 1. The molecule has 23 heavy (non-hydrogen) atoms. The molecular formula is C17H28N6. The van der Waals surface area contributed by atoms with Crippen molar-refractivity contribution < 1.29 is 0 Å². The minimum atomic E-state index is 0.429. The van der Waals surface area contributed by atoms with E-state index in [1.165, 1.54) is 22.9 Å². The summed E-state index contributed by atoms with van der Waals surface area (Å²) in [6, 6.07) is 0.493. The number of hydrogen-bond donors (Lipinski definition) is 1. The van der Waals surface area contributed by atoms with Crippen molar-refractivity contribution in [1.82, 2.24) is 24.6 Å². The highest BCUT2D eigenvalue weighted by Crippen LogP contribution is 2.27. The Kier molecular flexibility index (Phi) is 4.43. The quantitative estimate of drug-likeness (QED) is 0.915. The van der Waals surface area contributed by atoms with Gasteiger partial charge in [-0.1, -0.05) is 13.8 Å². The summed E-state index contributed by atoms with van der Waals surface area (Å²) < 4.78 is 4.27. The maximum atomic E-state index is 4.74. The third-order valence-corrected chi connectivity index (χ3v) is 4.62. The van der Waals surface area contributed by atoms with Crippen LogP contribution in [0.2, 0.25) is 0 Å². The van der Waals surface area contributed by atoms with Gasteiger partial charge in [0.15, 0.2) is 0 Å². The number of aryl methyl sites for hydroxylation is 2. The van der Waals surface area contributed by atoms with Gasteiger partial charge < -0.3 is 14.8 Å². The van der Waals surface area contributed by atoms with Crippen LogP contribution in [-0.4, -0.2) is 39.5 Å². The second kappa shape index (κ2) is 6.35. The van der Waals surface area contributed by atoms with Gasteiger partial charge in [-0.3, -0.25) is 4.68 Å². The van der Waals surface area contributed by atoms with E-state index in [0.717, 1.165) is 25.9 Å². The van der Waals surface area contributed by atoms with Crippen LogP contribution in [0.4, 0.5) is 5.82 Å². The fourth-order valence-electron chi connectivity index (χ4n) is 3.55. The number of rotatable bonds is 5. The molecule has 0 aliphatic carbocycles. The molecule has 0 spiro atoms. The summed E-state index contributed by atoms with van der Waals surface area (Å²) in [6.45, 7) is 6.29. The van der Waals surface area contributed by atoms with E-state index in [-0.39, 0.29) is 0 Å². The van der Waals surface area contributed by atoms with Crippen LogP contribution in [0, 0.1) is 0 Å². The molecule has 6 heteroatoms. The summed E-state index contributed by atoms with van der Waals surface area (Å²) in [4.78, 5) is 6.56. The lowest BCUT2D eigenvalue weighted by Gasteiger charge is -2.25. The molecule has 0 fully saturated rings. The smallest absolute Gasteiger partial charge is 0.130 e. The van der Waals surface area contributed by atoms with Crippen molar-refractivity contribution in [2.75, 3.05) is 19.0 Å². The monoisotopic (exact) mass is 316 g/mol. The Morgan fingerprint density at radius 3 is 2.87 bits per heavy atom. The molecule has 0 amide bonds. The van der Waals surface area contributed by atoms with Gasteiger partial charge in [-0.05, 0) is 12.3 Å². The maximum Gasteiger partial charge on any atom is 0.130 e. The summed E-state index contributed by atoms with van der Waals surface area (Å²) in [5.41, 5.74) is 2.52. The predicted molar refractivity (Wildman–Crippen MR) is 92.8 cm³/mol. The van der Waals surface area contributed by atoms with Crippen molar-refractivity contribution in [2.45, 2.75) is 51.7 Å². The molecule has 126 valence electrons. The van der Waals surface area contributed by atoms with E-state index in [1.54, 1.807) is 0 Å². The van der Waals surface area contributed by atoms with Gasteiger partial charge in [0.05, 0.1) is 5.69 Å². The molecule has 0 saturated carbocycles. The number of nitrogens with zero attached hydrogens (tertiary/aromatic N) is 5. The highest BCUT2D eigenvalue weighted by atomic mass is 15.4. The van der Waals surface area contributed by atoms with Crippen LogP contribution in [0.25, 0.3) is 0 Å². The van der Waals surface area contributed by atoms with Gasteiger partial charge in [-0.2, -0.15) is 5.10 Å². The standard InChI is InChI=1S/C17H28N6/c1-12(2)16-14(17(21(3)4)22(5)20-16)10-19-13-6-7-15-18-8-9-23(15)11-13/h8-9,12-13,19H,6-7,10-11H2,1-5H3/t13-/m1/s1. The second-order valence-electron chi connectivity index (χ2n) is 6.97. The van der Waals surface area contributed by atoms with Gasteiger partial charge >= 0.3 is 0 Å². The van der Waals surface area contributed by atoms with Crippen LogP contribution < -0.4 is 10.2 Å². The average Bonchev–Trinajstić information content (AvgIpc) is 3.08. The topological polar surface area (TPSA) is 50.9 Å². The zero-order valence-electron chi connectivity index (χ0n) is 14.9. The van der Waals surface area contributed by atoms with Crippen LogP contribution >= 0.6 is 0 Å². The summed E-state index contributed by atoms with van der Waals surface area (Å²) in [7, 11) is 6.20. The Bertz CT molecular complexity index is 667. The molecule has 3 heterocycles. The van der Waals surface area contributed by atoms with Gasteiger partial charge in [0.1, 0.15) is 11.6 Å². The van der Waals surface area contributed by atoms with E-state index in [2.05, 4.69) is 53.9 Å². The molecule has 1 aliphatic rings. The SMILES string of the molecule is CC(C)c1nn(C)c(N(C)C)c1CN[C@@H]1CCc2nccn2C1. The summed E-state index contributed by atoms with van der Waals surface area (Å²) >= 11 is 0. The van der Waals surface area contributed by atoms with Crippen molar-refractivity contribution in [1.29, 1.82) is 0 Å². The molecule has 0 saturated heterocycles. The van der Waals surface area contributed by atoms with Gasteiger partial charge in [0, 0.05) is 64.7 Å². The molecule has 0 unspecified atom stereocenters. The van der Waals surface area contributed by atoms with Crippen molar-refractivity contribution >= 4 is 5.82 Å². The Balaban J connectivity index is 1.75. The van der Waals surface area contributed by atoms with E-state index < -0.39 is 0 Å². The average molecular weight is 316 g/mol. The number of anilines is 1. The molecule has 1 aliphatic heterocycles. The normalized spacial score (nSPS) is 17.6. The van der Waals surface area contributed by atoms with Crippen LogP contribution in [0.1, 0.15) is 43.3 Å². The number of nitrogens with one attached hydrogen (secondary N) is 1. The lowest BCUT2D eigenvalue weighted by molar-refractivity contribution is 0.378. The third-order valence-electron chi connectivity index (χ3n) is 4.62. The number of aromatic nitrogens is 4. The fraction of sp³-hybridized carbons (Fsp3) is 0.647.